The van der Waals surface area contributed by atoms with E-state index in [1.165, 1.54) is 24.0 Å². The van der Waals surface area contributed by atoms with Crippen LogP contribution in [0.5, 0.6) is 0 Å². The second-order valence-corrected chi connectivity index (χ2v) is 4.96. The summed E-state index contributed by atoms with van der Waals surface area (Å²) in [7, 11) is 0. The highest BCUT2D eigenvalue weighted by molar-refractivity contribution is 5.98. The fourth-order valence-electron chi connectivity index (χ4n) is 1.97. The molecule has 4 nitrogen and oxygen atoms in total. The first-order chi connectivity index (χ1) is 11.7. The molecule has 1 N–H and O–H groups in total. The lowest BCUT2D eigenvalue weighted by molar-refractivity contribution is -0.131. The third-order valence-corrected chi connectivity index (χ3v) is 3.17. The van der Waals surface area contributed by atoms with E-state index in [1.54, 1.807) is 0 Å². The van der Waals surface area contributed by atoms with Crippen LogP contribution in [0.25, 0.3) is 0 Å². The first kappa shape index (κ1) is 20.3. The van der Waals surface area contributed by atoms with E-state index in [4.69, 9.17) is 0 Å². The van der Waals surface area contributed by atoms with Crippen molar-refractivity contribution in [2.45, 2.75) is 13.0 Å². The van der Waals surface area contributed by atoms with Gasteiger partial charge in [-0.05, 0) is 6.92 Å². The van der Waals surface area contributed by atoms with Crippen molar-refractivity contribution in [3.05, 3.63) is 60.0 Å². The summed E-state index contributed by atoms with van der Waals surface area (Å²) in [5, 5.41) is 1.91. The molecule has 9 heteroatoms. The molecule has 0 fully saturated rings. The summed E-state index contributed by atoms with van der Waals surface area (Å²) in [6, 6.07) is -1.29. The van der Waals surface area contributed by atoms with E-state index >= 15 is 0 Å². The molecule has 1 aromatic rings. The minimum absolute atomic E-state index is 0.105. The van der Waals surface area contributed by atoms with Crippen LogP contribution in [0.1, 0.15) is 17.3 Å². The van der Waals surface area contributed by atoms with Crippen LogP contribution in [0, 0.1) is 29.1 Å². The van der Waals surface area contributed by atoms with E-state index in [0.29, 0.717) is 0 Å². The number of halogens is 5. The molecule has 0 aromatic heterocycles. The van der Waals surface area contributed by atoms with E-state index < -0.39 is 52.5 Å². The molecule has 0 aliphatic heterocycles. The molecule has 1 unspecified atom stereocenters. The summed E-state index contributed by atoms with van der Waals surface area (Å²) < 4.78 is 66.5. The SMILES string of the molecule is C=CCN(CC=C)C(=O)C(C)NC(=O)c1c(F)c(F)c(F)c(F)c1F. The van der Waals surface area contributed by atoms with Gasteiger partial charge in [-0.25, -0.2) is 22.0 Å². The van der Waals surface area contributed by atoms with Crippen molar-refractivity contribution in [3.63, 3.8) is 0 Å². The molecule has 0 aliphatic rings. The maximum Gasteiger partial charge on any atom is 0.258 e. The van der Waals surface area contributed by atoms with E-state index in [2.05, 4.69) is 13.2 Å². The number of carbonyl (C=O) groups excluding carboxylic acids is 2. The Labute approximate surface area is 140 Å². The summed E-state index contributed by atoms with van der Waals surface area (Å²) in [4.78, 5) is 25.3. The Bertz CT molecular complexity index is 682. The first-order valence-electron chi connectivity index (χ1n) is 7.00. The highest BCUT2D eigenvalue weighted by Gasteiger charge is 2.31. The molecule has 1 aromatic carbocycles. The Morgan fingerprint density at radius 2 is 1.36 bits per heavy atom. The van der Waals surface area contributed by atoms with E-state index in [1.807, 2.05) is 5.32 Å². The van der Waals surface area contributed by atoms with Crippen molar-refractivity contribution < 1.29 is 31.5 Å². The van der Waals surface area contributed by atoms with E-state index in [-0.39, 0.29) is 13.1 Å². The molecular weight excluding hydrogens is 347 g/mol. The van der Waals surface area contributed by atoms with Crippen molar-refractivity contribution in [2.75, 3.05) is 13.1 Å². The summed E-state index contributed by atoms with van der Waals surface area (Å²) in [6.07, 6.45) is 2.81. The third kappa shape index (κ3) is 4.23. The van der Waals surface area contributed by atoms with Gasteiger partial charge in [0.25, 0.3) is 5.91 Å². The molecule has 1 atom stereocenters. The fourth-order valence-corrected chi connectivity index (χ4v) is 1.97. The van der Waals surface area contributed by atoms with Gasteiger partial charge in [0, 0.05) is 13.1 Å². The van der Waals surface area contributed by atoms with Crippen LogP contribution < -0.4 is 5.32 Å². The predicted octanol–water partition coefficient (Wildman–Crippen LogP) is 2.70. The average molecular weight is 362 g/mol. The maximum atomic E-state index is 13.6. The summed E-state index contributed by atoms with van der Waals surface area (Å²) in [6.45, 7) is 8.31. The number of hydrogen-bond donors (Lipinski definition) is 1. The Kier molecular flexibility index (Phi) is 6.84. The van der Waals surface area contributed by atoms with Gasteiger partial charge < -0.3 is 10.2 Å². The van der Waals surface area contributed by atoms with Crippen LogP contribution >= 0.6 is 0 Å². The number of rotatable bonds is 7. The van der Waals surface area contributed by atoms with Gasteiger partial charge in [0.15, 0.2) is 23.3 Å². The molecule has 0 bridgehead atoms. The Morgan fingerprint density at radius 3 is 1.76 bits per heavy atom. The van der Waals surface area contributed by atoms with Crippen LogP contribution in [0.2, 0.25) is 0 Å². The number of amides is 2. The topological polar surface area (TPSA) is 49.4 Å². The molecule has 1 rings (SSSR count). The van der Waals surface area contributed by atoms with Crippen LogP contribution in [0.15, 0.2) is 25.3 Å². The first-order valence-corrected chi connectivity index (χ1v) is 7.00. The van der Waals surface area contributed by atoms with Crippen LogP contribution in [0.3, 0.4) is 0 Å². The van der Waals surface area contributed by atoms with Crippen LogP contribution in [-0.2, 0) is 4.79 Å². The molecule has 0 saturated heterocycles. The normalized spacial score (nSPS) is 11.6. The summed E-state index contributed by atoms with van der Waals surface area (Å²) >= 11 is 0. The number of benzene rings is 1. The zero-order chi connectivity index (χ0) is 19.3. The van der Waals surface area contributed by atoms with Gasteiger partial charge in [-0.2, -0.15) is 0 Å². The Hall–Kier alpha value is -2.71. The minimum Gasteiger partial charge on any atom is -0.340 e. The van der Waals surface area contributed by atoms with Gasteiger partial charge >= 0.3 is 0 Å². The largest absolute Gasteiger partial charge is 0.340 e. The molecule has 0 aliphatic carbocycles. The molecule has 136 valence electrons. The zero-order valence-electron chi connectivity index (χ0n) is 13.2. The van der Waals surface area contributed by atoms with Gasteiger partial charge in [-0.3, -0.25) is 9.59 Å². The molecule has 0 radical (unpaired) electrons. The zero-order valence-corrected chi connectivity index (χ0v) is 13.2. The lowest BCUT2D eigenvalue weighted by Gasteiger charge is -2.24. The van der Waals surface area contributed by atoms with Crippen molar-refractivity contribution in [2.24, 2.45) is 0 Å². The smallest absolute Gasteiger partial charge is 0.258 e. The summed E-state index contributed by atoms with van der Waals surface area (Å²) in [5.41, 5.74) is -1.66. The summed E-state index contributed by atoms with van der Waals surface area (Å²) in [5.74, 6) is -13.7. The number of nitrogens with one attached hydrogen (secondary N) is 1. The highest BCUT2D eigenvalue weighted by Crippen LogP contribution is 2.23. The van der Waals surface area contributed by atoms with Gasteiger partial charge in [0.2, 0.25) is 11.7 Å². The minimum atomic E-state index is -2.38. The molecule has 0 spiro atoms. The maximum absolute atomic E-state index is 13.6. The lowest BCUT2D eigenvalue weighted by atomic mass is 10.1. The number of hydrogen-bond acceptors (Lipinski definition) is 2. The van der Waals surface area contributed by atoms with Crippen molar-refractivity contribution in [1.82, 2.24) is 10.2 Å². The standard InChI is InChI=1S/C16H15F5N2O2/c1-4-6-23(7-5-2)16(25)8(3)22-15(24)9-10(17)12(19)14(21)13(20)11(9)18/h4-5,8H,1-2,6-7H2,3H3,(H,22,24). The van der Waals surface area contributed by atoms with Gasteiger partial charge in [0.1, 0.15) is 11.6 Å². The van der Waals surface area contributed by atoms with E-state index in [0.717, 1.165) is 0 Å². The average Bonchev–Trinajstić information content (AvgIpc) is 2.57. The monoisotopic (exact) mass is 362 g/mol. The quantitative estimate of drug-likeness (QED) is 0.351. The Balaban J connectivity index is 3.08. The molecular formula is C16H15F5N2O2. The van der Waals surface area contributed by atoms with Crippen molar-refractivity contribution in [3.8, 4) is 0 Å². The molecule has 0 saturated carbocycles. The van der Waals surface area contributed by atoms with Crippen molar-refractivity contribution >= 4 is 11.8 Å². The molecule has 0 heterocycles. The van der Waals surface area contributed by atoms with Crippen LogP contribution in [-0.4, -0.2) is 35.8 Å². The third-order valence-electron chi connectivity index (χ3n) is 3.17. The van der Waals surface area contributed by atoms with E-state index in [9.17, 15) is 31.5 Å². The van der Waals surface area contributed by atoms with Crippen LogP contribution in [0.4, 0.5) is 22.0 Å². The lowest BCUT2D eigenvalue weighted by Crippen LogP contribution is -2.47. The molecule has 25 heavy (non-hydrogen) atoms. The predicted molar refractivity (Wildman–Crippen MR) is 80.1 cm³/mol. The Morgan fingerprint density at radius 1 is 0.960 bits per heavy atom. The van der Waals surface area contributed by atoms with Gasteiger partial charge in [0.05, 0.1) is 0 Å². The second kappa shape index (κ2) is 8.41. The number of carbonyl (C=O) groups is 2. The fraction of sp³-hybridized carbons (Fsp3) is 0.250. The van der Waals surface area contributed by atoms with Gasteiger partial charge in [-0.15, -0.1) is 13.2 Å². The van der Waals surface area contributed by atoms with Crippen molar-refractivity contribution in [1.29, 1.82) is 0 Å². The highest BCUT2D eigenvalue weighted by atomic mass is 19.2. The van der Waals surface area contributed by atoms with Gasteiger partial charge in [-0.1, -0.05) is 12.2 Å². The molecule has 2 amide bonds. The number of nitrogens with zero attached hydrogens (tertiary/aromatic N) is 1. The second-order valence-electron chi connectivity index (χ2n) is 4.96.